The minimum atomic E-state index is -0.695. The van der Waals surface area contributed by atoms with Gasteiger partial charge >= 0.3 is 11.4 Å². The Labute approximate surface area is 113 Å². The first-order chi connectivity index (χ1) is 9.70. The molecule has 3 aromatic rings. The van der Waals surface area contributed by atoms with Crippen LogP contribution in [0.25, 0.3) is 10.9 Å². The number of hydrogen-bond acceptors (Lipinski definition) is 5. The Morgan fingerprint density at radius 3 is 2.85 bits per heavy atom. The zero-order valence-electron chi connectivity index (χ0n) is 10.8. The molecule has 20 heavy (non-hydrogen) atoms. The summed E-state index contributed by atoms with van der Waals surface area (Å²) < 4.78 is 7.81. The second kappa shape index (κ2) is 4.76. The molecule has 102 valence electrons. The van der Waals surface area contributed by atoms with Gasteiger partial charge in [-0.1, -0.05) is 12.1 Å². The highest BCUT2D eigenvalue weighted by atomic mass is 16.4. The van der Waals surface area contributed by atoms with Crippen molar-refractivity contribution in [2.45, 2.75) is 20.0 Å². The van der Waals surface area contributed by atoms with Crippen molar-refractivity contribution >= 4 is 10.9 Å². The Bertz CT molecular complexity index is 875. The Kier molecular flexibility index (Phi) is 2.94. The summed E-state index contributed by atoms with van der Waals surface area (Å²) in [7, 11) is 0. The van der Waals surface area contributed by atoms with E-state index in [0.29, 0.717) is 23.3 Å². The SMILES string of the molecule is CCn1ncnc1Cn1c(=O)oc(=O)c2ccccc21. The fraction of sp³-hybridized carbons (Fsp3) is 0.231. The molecule has 0 fully saturated rings. The van der Waals surface area contributed by atoms with Gasteiger partial charge in [0.15, 0.2) is 0 Å². The zero-order valence-corrected chi connectivity index (χ0v) is 10.8. The van der Waals surface area contributed by atoms with Crippen LogP contribution in [0, 0.1) is 0 Å². The van der Waals surface area contributed by atoms with Gasteiger partial charge in [0.2, 0.25) is 0 Å². The molecule has 7 nitrogen and oxygen atoms in total. The van der Waals surface area contributed by atoms with E-state index in [-0.39, 0.29) is 6.54 Å². The van der Waals surface area contributed by atoms with E-state index in [1.165, 1.54) is 10.9 Å². The summed E-state index contributed by atoms with van der Waals surface area (Å²) in [5, 5.41) is 4.43. The van der Waals surface area contributed by atoms with E-state index in [1.54, 1.807) is 28.9 Å². The summed E-state index contributed by atoms with van der Waals surface area (Å²) in [6, 6.07) is 6.83. The van der Waals surface area contributed by atoms with Crippen LogP contribution in [0.15, 0.2) is 44.6 Å². The lowest BCUT2D eigenvalue weighted by atomic mass is 10.2. The van der Waals surface area contributed by atoms with Crippen LogP contribution in [0.1, 0.15) is 12.7 Å². The van der Waals surface area contributed by atoms with Crippen molar-refractivity contribution in [2.75, 3.05) is 0 Å². The maximum Gasteiger partial charge on any atom is 0.422 e. The molecule has 0 saturated carbocycles. The first-order valence-electron chi connectivity index (χ1n) is 6.20. The third kappa shape index (κ3) is 1.93. The van der Waals surface area contributed by atoms with Crippen molar-refractivity contribution < 1.29 is 4.42 Å². The molecule has 0 radical (unpaired) electrons. The lowest BCUT2D eigenvalue weighted by molar-refractivity contribution is 0.419. The predicted octanol–water partition coefficient (Wildman–Crippen LogP) is 0.614. The number of hydrogen-bond donors (Lipinski definition) is 0. The van der Waals surface area contributed by atoms with Crippen molar-refractivity contribution in [3.8, 4) is 0 Å². The molecule has 0 aliphatic heterocycles. The first kappa shape index (κ1) is 12.3. The molecular formula is C13H12N4O3. The Hall–Kier alpha value is -2.70. The molecule has 0 bridgehead atoms. The molecule has 2 heterocycles. The van der Waals surface area contributed by atoms with Gasteiger partial charge in [-0.05, 0) is 19.1 Å². The summed E-state index contributed by atoms with van der Waals surface area (Å²) >= 11 is 0. The van der Waals surface area contributed by atoms with Crippen LogP contribution >= 0.6 is 0 Å². The number of rotatable bonds is 3. The minimum absolute atomic E-state index is 0.205. The van der Waals surface area contributed by atoms with Gasteiger partial charge in [0, 0.05) is 6.54 Å². The van der Waals surface area contributed by atoms with E-state index < -0.39 is 11.4 Å². The number of fused-ring (bicyclic) bond motifs is 1. The van der Waals surface area contributed by atoms with Crippen molar-refractivity contribution in [1.82, 2.24) is 19.3 Å². The van der Waals surface area contributed by atoms with Crippen molar-refractivity contribution in [3.05, 3.63) is 57.4 Å². The quantitative estimate of drug-likeness (QED) is 0.697. The third-order valence-electron chi connectivity index (χ3n) is 3.11. The molecule has 0 atom stereocenters. The Morgan fingerprint density at radius 1 is 1.25 bits per heavy atom. The van der Waals surface area contributed by atoms with Gasteiger partial charge in [0.1, 0.15) is 12.2 Å². The second-order valence-corrected chi connectivity index (χ2v) is 4.25. The fourth-order valence-electron chi connectivity index (χ4n) is 2.14. The summed E-state index contributed by atoms with van der Waals surface area (Å²) in [4.78, 5) is 27.7. The van der Waals surface area contributed by atoms with Gasteiger partial charge in [-0.15, -0.1) is 0 Å². The van der Waals surface area contributed by atoms with Crippen LogP contribution in [0.3, 0.4) is 0 Å². The summed E-state index contributed by atoms with van der Waals surface area (Å²) in [5.74, 6) is -0.0621. The lowest BCUT2D eigenvalue weighted by Gasteiger charge is -2.08. The van der Waals surface area contributed by atoms with E-state index in [0.717, 1.165) is 0 Å². The van der Waals surface area contributed by atoms with Crippen LogP contribution in [0.5, 0.6) is 0 Å². The molecule has 0 saturated heterocycles. The summed E-state index contributed by atoms with van der Waals surface area (Å²) in [6.07, 6.45) is 1.44. The molecule has 1 aromatic carbocycles. The highest BCUT2D eigenvalue weighted by molar-refractivity contribution is 5.77. The van der Waals surface area contributed by atoms with Gasteiger partial charge in [-0.3, -0.25) is 4.57 Å². The standard InChI is InChI=1S/C13H12N4O3/c1-2-17-11(14-8-15-17)7-16-10-6-4-3-5-9(10)12(18)20-13(16)19/h3-6,8H,2,7H2,1H3. The molecule has 0 aliphatic carbocycles. The average molecular weight is 272 g/mol. The highest BCUT2D eigenvalue weighted by Gasteiger charge is 2.11. The normalized spacial score (nSPS) is 11.1. The van der Waals surface area contributed by atoms with Crippen LogP contribution in [-0.2, 0) is 13.1 Å². The Morgan fingerprint density at radius 2 is 2.05 bits per heavy atom. The van der Waals surface area contributed by atoms with E-state index in [1.807, 2.05) is 6.92 Å². The van der Waals surface area contributed by atoms with E-state index in [2.05, 4.69) is 10.1 Å². The Balaban J connectivity index is 2.22. The summed E-state index contributed by atoms with van der Waals surface area (Å²) in [5.41, 5.74) is -0.0989. The van der Waals surface area contributed by atoms with Crippen LogP contribution in [0.2, 0.25) is 0 Å². The molecule has 7 heteroatoms. The van der Waals surface area contributed by atoms with Crippen molar-refractivity contribution in [2.24, 2.45) is 0 Å². The van der Waals surface area contributed by atoms with Crippen LogP contribution in [0.4, 0.5) is 0 Å². The smallest absolute Gasteiger partial charge is 0.372 e. The lowest BCUT2D eigenvalue weighted by Crippen LogP contribution is -2.26. The molecule has 0 aliphatic rings. The maximum absolute atomic E-state index is 11.9. The van der Waals surface area contributed by atoms with Gasteiger partial charge in [-0.2, -0.15) is 5.10 Å². The first-order valence-corrected chi connectivity index (χ1v) is 6.20. The maximum atomic E-state index is 11.9. The molecule has 2 aromatic heterocycles. The third-order valence-corrected chi connectivity index (χ3v) is 3.11. The predicted molar refractivity (Wildman–Crippen MR) is 71.5 cm³/mol. The van der Waals surface area contributed by atoms with Crippen LogP contribution < -0.4 is 11.4 Å². The molecule has 0 N–H and O–H groups in total. The number of benzene rings is 1. The second-order valence-electron chi connectivity index (χ2n) is 4.25. The van der Waals surface area contributed by atoms with Gasteiger partial charge in [-0.25, -0.2) is 19.3 Å². The highest BCUT2D eigenvalue weighted by Crippen LogP contribution is 2.08. The van der Waals surface area contributed by atoms with Crippen molar-refractivity contribution in [3.63, 3.8) is 0 Å². The fourth-order valence-corrected chi connectivity index (χ4v) is 2.14. The topological polar surface area (TPSA) is 82.9 Å². The molecule has 0 unspecified atom stereocenters. The van der Waals surface area contributed by atoms with Crippen LogP contribution in [-0.4, -0.2) is 19.3 Å². The number of para-hydroxylation sites is 1. The summed E-state index contributed by atoms with van der Waals surface area (Å²) in [6.45, 7) is 2.79. The number of aromatic nitrogens is 4. The number of nitrogens with zero attached hydrogens (tertiary/aromatic N) is 4. The minimum Gasteiger partial charge on any atom is -0.372 e. The van der Waals surface area contributed by atoms with Gasteiger partial charge in [0.25, 0.3) is 0 Å². The van der Waals surface area contributed by atoms with Crippen molar-refractivity contribution in [1.29, 1.82) is 0 Å². The zero-order chi connectivity index (χ0) is 14.1. The van der Waals surface area contributed by atoms with E-state index in [4.69, 9.17) is 4.42 Å². The molecule has 0 spiro atoms. The van der Waals surface area contributed by atoms with E-state index >= 15 is 0 Å². The largest absolute Gasteiger partial charge is 0.422 e. The molecule has 0 amide bonds. The average Bonchev–Trinajstić information content (AvgIpc) is 2.90. The van der Waals surface area contributed by atoms with Gasteiger partial charge < -0.3 is 4.42 Å². The van der Waals surface area contributed by atoms with Gasteiger partial charge in [0.05, 0.1) is 17.4 Å². The molecule has 3 rings (SSSR count). The molecular weight excluding hydrogens is 260 g/mol. The number of aryl methyl sites for hydroxylation is 1. The monoisotopic (exact) mass is 272 g/mol. The van der Waals surface area contributed by atoms with E-state index in [9.17, 15) is 9.59 Å².